The predicted octanol–water partition coefficient (Wildman–Crippen LogP) is 2.87. The number of benzene rings is 2. The molecule has 2 aromatic carbocycles. The molecule has 1 amide bonds. The molecule has 1 aliphatic rings. The SMILES string of the molecule is O=C(Nc1ccc(S(=O)(=O)Nc2ncccn2)cc1)[C@@H]1Cc2cc(Cl)ccc2O1. The second kappa shape index (κ2) is 7.69. The number of fused-ring (bicyclic) bond motifs is 1. The van der Waals surface area contributed by atoms with Crippen molar-refractivity contribution in [3.8, 4) is 5.75 Å². The van der Waals surface area contributed by atoms with Crippen LogP contribution >= 0.6 is 11.6 Å². The van der Waals surface area contributed by atoms with Crippen LogP contribution in [0.3, 0.4) is 0 Å². The number of hydrogen-bond donors (Lipinski definition) is 2. The minimum atomic E-state index is -3.84. The van der Waals surface area contributed by atoms with Gasteiger partial charge in [0.2, 0.25) is 5.95 Å². The number of rotatable bonds is 5. The summed E-state index contributed by atoms with van der Waals surface area (Å²) < 4.78 is 32.7. The van der Waals surface area contributed by atoms with E-state index < -0.39 is 16.1 Å². The Labute approximate surface area is 172 Å². The van der Waals surface area contributed by atoms with E-state index in [4.69, 9.17) is 16.3 Å². The molecule has 0 spiro atoms. The van der Waals surface area contributed by atoms with Crippen LogP contribution in [0.1, 0.15) is 5.56 Å². The van der Waals surface area contributed by atoms with Crippen LogP contribution < -0.4 is 14.8 Å². The first kappa shape index (κ1) is 19.2. The van der Waals surface area contributed by atoms with E-state index in [0.29, 0.717) is 22.9 Å². The summed E-state index contributed by atoms with van der Waals surface area (Å²) >= 11 is 5.96. The molecule has 2 N–H and O–H groups in total. The number of sulfonamides is 1. The Bertz CT molecular complexity index is 1150. The fraction of sp³-hybridized carbons (Fsp3) is 0.105. The average Bonchev–Trinajstić information content (AvgIpc) is 3.12. The van der Waals surface area contributed by atoms with Crippen LogP contribution in [0.25, 0.3) is 0 Å². The third-order valence-corrected chi connectivity index (χ3v) is 5.79. The maximum absolute atomic E-state index is 12.5. The van der Waals surface area contributed by atoms with E-state index in [1.807, 2.05) is 0 Å². The first-order chi connectivity index (χ1) is 13.9. The summed E-state index contributed by atoms with van der Waals surface area (Å²) in [5, 5.41) is 3.31. The van der Waals surface area contributed by atoms with Gasteiger partial charge in [0, 0.05) is 29.5 Å². The number of hydrogen-bond acceptors (Lipinski definition) is 6. The topological polar surface area (TPSA) is 110 Å². The Balaban J connectivity index is 1.41. The van der Waals surface area contributed by atoms with Crippen LogP contribution in [0.15, 0.2) is 65.8 Å². The van der Waals surface area contributed by atoms with Crippen molar-refractivity contribution in [2.24, 2.45) is 0 Å². The lowest BCUT2D eigenvalue weighted by atomic mass is 10.1. The average molecular weight is 431 g/mol. The lowest BCUT2D eigenvalue weighted by Crippen LogP contribution is -2.31. The fourth-order valence-electron chi connectivity index (χ4n) is 2.83. The van der Waals surface area contributed by atoms with Crippen LogP contribution in [0.5, 0.6) is 5.75 Å². The summed E-state index contributed by atoms with van der Waals surface area (Å²) in [6, 6.07) is 12.5. The zero-order valence-corrected chi connectivity index (χ0v) is 16.4. The molecule has 0 saturated carbocycles. The number of halogens is 1. The molecule has 0 radical (unpaired) electrons. The Morgan fingerprint density at radius 2 is 1.83 bits per heavy atom. The number of carbonyl (C=O) groups excluding carboxylic acids is 1. The number of nitrogens with one attached hydrogen (secondary N) is 2. The highest BCUT2D eigenvalue weighted by molar-refractivity contribution is 7.92. The van der Waals surface area contributed by atoms with E-state index in [9.17, 15) is 13.2 Å². The van der Waals surface area contributed by atoms with Crippen LogP contribution in [0, 0.1) is 0 Å². The van der Waals surface area contributed by atoms with Gasteiger partial charge in [-0.25, -0.2) is 23.1 Å². The Hall–Kier alpha value is -3.17. The molecular weight excluding hydrogens is 416 g/mol. The molecule has 3 aromatic rings. The summed E-state index contributed by atoms with van der Waals surface area (Å²) in [5.74, 6) is 0.275. The van der Waals surface area contributed by atoms with Gasteiger partial charge in [-0.3, -0.25) is 4.79 Å². The summed E-state index contributed by atoms with van der Waals surface area (Å²) in [5.41, 5.74) is 1.32. The summed E-state index contributed by atoms with van der Waals surface area (Å²) in [4.78, 5) is 20.2. The van der Waals surface area contributed by atoms with Crippen LogP contribution in [0.4, 0.5) is 11.6 Å². The molecule has 29 heavy (non-hydrogen) atoms. The smallest absolute Gasteiger partial charge is 0.265 e. The zero-order chi connectivity index (χ0) is 20.4. The van der Waals surface area contributed by atoms with Crippen molar-refractivity contribution in [3.05, 3.63) is 71.5 Å². The molecule has 4 rings (SSSR count). The standard InChI is InChI=1S/C19H15ClN4O4S/c20-13-2-7-16-12(10-13)11-17(28-16)18(25)23-14-3-5-15(6-4-14)29(26,27)24-19-21-8-1-9-22-19/h1-10,17H,11H2,(H,23,25)(H,21,22,24)/t17-/m0/s1. The Kier molecular flexibility index (Phi) is 5.08. The van der Waals surface area contributed by atoms with Gasteiger partial charge >= 0.3 is 0 Å². The van der Waals surface area contributed by atoms with E-state index in [0.717, 1.165) is 5.56 Å². The first-order valence-electron chi connectivity index (χ1n) is 8.56. The number of carbonyl (C=O) groups is 1. The van der Waals surface area contributed by atoms with Crippen molar-refractivity contribution >= 4 is 39.2 Å². The van der Waals surface area contributed by atoms with Gasteiger partial charge < -0.3 is 10.1 Å². The minimum absolute atomic E-state index is 0.0158. The Morgan fingerprint density at radius 1 is 1.10 bits per heavy atom. The first-order valence-corrected chi connectivity index (χ1v) is 10.4. The third kappa shape index (κ3) is 4.30. The van der Waals surface area contributed by atoms with Crippen molar-refractivity contribution in [1.29, 1.82) is 0 Å². The second-order valence-electron chi connectivity index (χ2n) is 6.25. The Morgan fingerprint density at radius 3 is 2.55 bits per heavy atom. The number of nitrogens with zero attached hydrogens (tertiary/aromatic N) is 2. The van der Waals surface area contributed by atoms with Crippen LogP contribution in [0.2, 0.25) is 5.02 Å². The van der Waals surface area contributed by atoms with Crippen molar-refractivity contribution < 1.29 is 17.9 Å². The maximum Gasteiger partial charge on any atom is 0.265 e. The quantitative estimate of drug-likeness (QED) is 0.644. The summed E-state index contributed by atoms with van der Waals surface area (Å²) in [6.45, 7) is 0. The molecule has 8 nitrogen and oxygen atoms in total. The molecule has 2 heterocycles. The van der Waals surface area contributed by atoms with Crippen molar-refractivity contribution in [1.82, 2.24) is 9.97 Å². The molecule has 10 heteroatoms. The van der Waals surface area contributed by atoms with Crippen LogP contribution in [-0.4, -0.2) is 30.4 Å². The molecule has 0 fully saturated rings. The highest BCUT2D eigenvalue weighted by Crippen LogP contribution is 2.31. The van der Waals surface area contributed by atoms with Gasteiger partial charge in [-0.05, 0) is 54.1 Å². The number of ether oxygens (including phenoxy) is 1. The summed E-state index contributed by atoms with van der Waals surface area (Å²) in [6.07, 6.45) is 2.60. The molecule has 0 unspecified atom stereocenters. The molecular formula is C19H15ClN4O4S. The van der Waals surface area contributed by atoms with Gasteiger partial charge in [0.15, 0.2) is 6.10 Å². The van der Waals surface area contributed by atoms with Gasteiger partial charge in [0.1, 0.15) is 5.75 Å². The molecule has 0 aliphatic carbocycles. The molecule has 0 saturated heterocycles. The van der Waals surface area contributed by atoms with Gasteiger partial charge in [0.25, 0.3) is 15.9 Å². The summed E-state index contributed by atoms with van der Waals surface area (Å²) in [7, 11) is -3.84. The number of amides is 1. The molecule has 1 aliphatic heterocycles. The van der Waals surface area contributed by atoms with Crippen molar-refractivity contribution in [2.45, 2.75) is 17.4 Å². The number of anilines is 2. The minimum Gasteiger partial charge on any atom is -0.480 e. The predicted molar refractivity (Wildman–Crippen MR) is 107 cm³/mol. The lowest BCUT2D eigenvalue weighted by molar-refractivity contribution is -0.122. The van der Waals surface area contributed by atoms with Gasteiger partial charge in [-0.1, -0.05) is 11.6 Å². The molecule has 1 aromatic heterocycles. The molecule has 0 bridgehead atoms. The van der Waals surface area contributed by atoms with E-state index in [1.54, 1.807) is 24.3 Å². The van der Waals surface area contributed by atoms with Crippen molar-refractivity contribution in [3.63, 3.8) is 0 Å². The second-order valence-corrected chi connectivity index (χ2v) is 8.37. The monoisotopic (exact) mass is 430 g/mol. The molecule has 1 atom stereocenters. The fourth-order valence-corrected chi connectivity index (χ4v) is 3.99. The highest BCUT2D eigenvalue weighted by atomic mass is 35.5. The molecule has 148 valence electrons. The largest absolute Gasteiger partial charge is 0.480 e. The number of aromatic nitrogens is 2. The lowest BCUT2D eigenvalue weighted by Gasteiger charge is -2.12. The highest BCUT2D eigenvalue weighted by Gasteiger charge is 2.29. The van der Waals surface area contributed by atoms with E-state index in [1.165, 1.54) is 36.7 Å². The van der Waals surface area contributed by atoms with Crippen LogP contribution in [-0.2, 0) is 21.2 Å². The third-order valence-electron chi connectivity index (χ3n) is 4.21. The van der Waals surface area contributed by atoms with E-state index in [-0.39, 0.29) is 16.8 Å². The van der Waals surface area contributed by atoms with Gasteiger partial charge in [-0.15, -0.1) is 0 Å². The van der Waals surface area contributed by atoms with E-state index in [2.05, 4.69) is 20.0 Å². The van der Waals surface area contributed by atoms with E-state index >= 15 is 0 Å². The zero-order valence-electron chi connectivity index (χ0n) is 14.9. The van der Waals surface area contributed by atoms with Gasteiger partial charge in [-0.2, -0.15) is 0 Å². The van der Waals surface area contributed by atoms with Gasteiger partial charge in [0.05, 0.1) is 4.90 Å². The van der Waals surface area contributed by atoms with Crippen molar-refractivity contribution in [2.75, 3.05) is 10.0 Å². The normalized spacial score (nSPS) is 15.3. The maximum atomic E-state index is 12.5.